The van der Waals surface area contributed by atoms with Crippen molar-refractivity contribution in [3.8, 4) is 0 Å². The van der Waals surface area contributed by atoms with Gasteiger partial charge in [-0.3, -0.25) is 29.1 Å². The number of aryl methyl sites for hydroxylation is 7. The van der Waals surface area contributed by atoms with E-state index in [1.165, 1.54) is 32.0 Å². The molecule has 5 N–H and O–H groups in total. The summed E-state index contributed by atoms with van der Waals surface area (Å²) in [7, 11) is 3.48. The van der Waals surface area contributed by atoms with E-state index in [1.807, 2.05) is 96.3 Å². The first-order valence-electron chi connectivity index (χ1n) is 40.6. The van der Waals surface area contributed by atoms with Crippen LogP contribution in [0.15, 0.2) is 124 Å². The van der Waals surface area contributed by atoms with Gasteiger partial charge in [-0.25, -0.2) is 63.7 Å². The Kier molecular flexibility index (Phi) is 35.5. The van der Waals surface area contributed by atoms with Crippen molar-refractivity contribution in [1.82, 2.24) is 113 Å². The Hall–Kier alpha value is -10.8. The van der Waals surface area contributed by atoms with Crippen LogP contribution in [-0.4, -0.2) is 185 Å². The van der Waals surface area contributed by atoms with Crippen molar-refractivity contribution in [2.75, 3.05) is 38.8 Å². The van der Waals surface area contributed by atoms with E-state index in [1.54, 1.807) is 155 Å². The highest BCUT2D eigenvalue weighted by molar-refractivity contribution is 7.20. The summed E-state index contributed by atoms with van der Waals surface area (Å²) in [6.07, 6.45) is 15.4. The number of hydrogen-bond donors (Lipinski definition) is 4. The highest BCUT2D eigenvalue weighted by Gasteiger charge is 2.24. The van der Waals surface area contributed by atoms with E-state index < -0.39 is 21.7 Å². The Labute approximate surface area is 769 Å². The number of nitrogens with zero attached hydrogens (tertiary/aromatic N) is 22. The van der Waals surface area contributed by atoms with Crippen molar-refractivity contribution in [2.24, 2.45) is 26.5 Å². The molecule has 0 saturated heterocycles. The molecule has 47 heteroatoms. The number of carbonyl (C=O) groups is 2. The quantitative estimate of drug-likeness (QED) is 0.0103. The number of H-pyrrole nitrogens is 2. The van der Waals surface area contributed by atoms with Crippen LogP contribution in [0.1, 0.15) is 95.2 Å². The highest BCUT2D eigenvalue weighted by atomic mass is 32.1. The number of thiazole rings is 8. The van der Waals surface area contributed by atoms with Crippen molar-refractivity contribution in [1.29, 1.82) is 0 Å². The van der Waals surface area contributed by atoms with Gasteiger partial charge in [0.05, 0.1) is 134 Å². The van der Waals surface area contributed by atoms with Gasteiger partial charge in [0.1, 0.15) is 50.6 Å². The number of anilines is 1. The molecule has 17 aromatic rings. The summed E-state index contributed by atoms with van der Waals surface area (Å²) in [5, 5.41) is 57.5. The fourth-order valence-electron chi connectivity index (χ4n) is 12.2. The van der Waals surface area contributed by atoms with E-state index in [0.29, 0.717) is 106 Å². The molecule has 17 rings (SSSR count). The molecule has 17 heterocycles. The lowest BCUT2D eigenvalue weighted by atomic mass is 10.2. The Morgan fingerprint density at radius 3 is 1.37 bits per heavy atom. The van der Waals surface area contributed by atoms with Gasteiger partial charge in [0, 0.05) is 163 Å². The van der Waals surface area contributed by atoms with Crippen LogP contribution in [-0.2, 0) is 132 Å². The van der Waals surface area contributed by atoms with E-state index in [9.17, 15) is 28.9 Å². The largest absolute Gasteiger partial charge is 0.466 e. The third-order valence-electron chi connectivity index (χ3n) is 18.5. The maximum Gasteiger partial charge on any atom is 0.311 e. The van der Waals surface area contributed by atoms with Crippen LogP contribution in [0.3, 0.4) is 0 Å². The van der Waals surface area contributed by atoms with Gasteiger partial charge < -0.3 is 48.3 Å². The van der Waals surface area contributed by atoms with Crippen molar-refractivity contribution in [3.05, 3.63) is 201 Å². The van der Waals surface area contributed by atoms with Gasteiger partial charge in [0.25, 0.3) is 16.7 Å². The molecule has 680 valence electrons. The molecule has 37 nitrogen and oxygen atoms in total. The van der Waals surface area contributed by atoms with Crippen LogP contribution in [0.2, 0.25) is 51.4 Å². The summed E-state index contributed by atoms with van der Waals surface area (Å²) in [4.78, 5) is 108. The van der Waals surface area contributed by atoms with Crippen molar-refractivity contribution < 1.29 is 38.5 Å². The lowest BCUT2D eigenvalue weighted by molar-refractivity contribution is -0.143. The normalized spacial score (nSPS) is 11.5. The van der Waals surface area contributed by atoms with Crippen molar-refractivity contribution >= 4 is 188 Å². The summed E-state index contributed by atoms with van der Waals surface area (Å²) < 4.78 is 36.3. The number of nitrogens with one attached hydrogen (secondary N) is 2. The molecule has 0 aliphatic heterocycles. The van der Waals surface area contributed by atoms with Gasteiger partial charge >= 0.3 is 11.9 Å². The number of aliphatic hydroxyl groups excluding tert-OH is 1. The van der Waals surface area contributed by atoms with Gasteiger partial charge in [-0.05, 0) is 64.9 Å². The van der Waals surface area contributed by atoms with E-state index in [0.717, 1.165) is 127 Å². The third kappa shape index (κ3) is 28.3. The second kappa shape index (κ2) is 46.4. The average Bonchev–Trinajstić information content (AvgIpc) is 1.60. The first-order valence-corrected chi connectivity index (χ1v) is 55.1. The molecule has 0 amide bonds. The minimum atomic E-state index is -1.09. The van der Waals surface area contributed by atoms with E-state index in [2.05, 4.69) is 115 Å². The van der Waals surface area contributed by atoms with Gasteiger partial charge in [-0.2, -0.15) is 30.6 Å². The molecule has 0 atom stereocenters. The molecule has 128 heavy (non-hydrogen) atoms. The number of aromatic nitrogens is 23. The fraction of sp³-hybridized carbons (Fsp3) is 0.420. The van der Waals surface area contributed by atoms with E-state index >= 15 is 0 Å². The number of nitrogens with two attached hydrogens (primary N) is 1. The van der Waals surface area contributed by atoms with Crippen LogP contribution in [0.5, 0.6) is 0 Å². The van der Waals surface area contributed by atoms with Crippen molar-refractivity contribution in [2.45, 2.75) is 170 Å². The Balaban J connectivity index is 0.000000155. The number of esters is 2. The summed E-state index contributed by atoms with van der Waals surface area (Å²) >= 11 is 12.2. The molecular weight excluding hydrogens is 1830 g/mol. The monoisotopic (exact) mass is 1930 g/mol. The van der Waals surface area contributed by atoms with E-state index in [4.69, 9.17) is 44.7 Å². The maximum atomic E-state index is 13.1. The number of hydrogen-bond acceptors (Lipinski definition) is 36. The summed E-state index contributed by atoms with van der Waals surface area (Å²) in [6.45, 7) is 27.4. The highest BCUT2D eigenvalue weighted by Crippen LogP contribution is 2.35. The predicted octanol–water partition coefficient (Wildman–Crippen LogP) is 13.7. The van der Waals surface area contributed by atoms with Gasteiger partial charge in [-0.15, -0.1) is 95.6 Å². The molecule has 0 fully saturated rings. The number of aromatic amines is 2. The molecule has 0 aliphatic rings. The van der Waals surface area contributed by atoms with Crippen LogP contribution >= 0.6 is 90.7 Å². The number of fused-ring (bicyclic) bond motifs is 9. The van der Waals surface area contributed by atoms with E-state index in [-0.39, 0.29) is 48.1 Å². The zero-order valence-electron chi connectivity index (χ0n) is 73.4. The Morgan fingerprint density at radius 2 is 0.977 bits per heavy atom. The predicted molar refractivity (Wildman–Crippen MR) is 511 cm³/mol. The topological polar surface area (TPSA) is 454 Å². The average molecular weight is 1930 g/mol. The summed E-state index contributed by atoms with van der Waals surface area (Å²) in [5.41, 5.74) is 23.3. The molecule has 0 saturated carbocycles. The van der Waals surface area contributed by atoms with Crippen LogP contribution in [0.4, 0.5) is 5.13 Å². The number of ether oxygens (including phenoxy) is 4. The van der Waals surface area contributed by atoms with Gasteiger partial charge in [0.2, 0.25) is 0 Å². The molecule has 0 unspecified atom stereocenters. The second-order valence-electron chi connectivity index (χ2n) is 32.1. The summed E-state index contributed by atoms with van der Waals surface area (Å²) in [5.74, 6) is -0.471. The molecule has 0 radical (unpaired) electrons. The van der Waals surface area contributed by atoms with Crippen LogP contribution in [0.25, 0.3) is 63.8 Å². The molecule has 17 aromatic heterocycles. The smallest absolute Gasteiger partial charge is 0.311 e. The van der Waals surface area contributed by atoms with Gasteiger partial charge in [0.15, 0.2) is 27.4 Å². The molecule has 0 aliphatic carbocycles. The SMILES string of the molecule is CC(C)(C)ON=O.CCOC(=O)Cc1csc(N)n1.CCOC(=O)Cc1cscn1.Cn1c2nc(Cc3ccn(COCC[Si](C)(C)C)n3)sc2c2cn[nH]c(=O)c21.Cn1c2nc(Cc3ccn(COCC[Si](C)(C)C)n3)sc2c2cnn(CCc3cscn3)c(=O)c21.Cn1c2nc(Cc3ccn[nH]3)sc2c2cnn(CCc3cscn3)c(=O)c21.OCCc1cscn1. The second-order valence-corrected chi connectivity index (χ2v) is 50.4. The fourth-order valence-corrected chi connectivity index (χ4v) is 20.0. The molecule has 0 spiro atoms. The van der Waals surface area contributed by atoms with Crippen LogP contribution in [0, 0.1) is 4.91 Å². The Morgan fingerprint density at radius 1 is 0.539 bits per heavy atom. The number of aliphatic hydroxyl groups is 1. The molecular formula is C81H103N25O12S8Si2. The molecule has 0 bridgehead atoms. The Bertz CT molecular complexity index is 6540. The van der Waals surface area contributed by atoms with Gasteiger partial charge in [-0.1, -0.05) is 39.3 Å². The zero-order chi connectivity index (χ0) is 91.7. The first-order chi connectivity index (χ1) is 61.3. The minimum Gasteiger partial charge on any atom is -0.466 e. The molecule has 0 aromatic carbocycles. The number of rotatable bonds is 31. The van der Waals surface area contributed by atoms with Crippen LogP contribution < -0.4 is 22.4 Å². The maximum absolute atomic E-state index is 13.1. The standard InChI is InChI=1S/C23H29N7O2S2Si.C18H24N6O2SSi.C17H15N7OS2.C7H10N2O2S.C7H9NO2S.C5H7NOS.C4H9NO2/c1-28-20-18(12-25-30(23(20)31)8-6-17-13-33-14-24-17)21-22(28)26-19(34-21)11-16-5-7-29(27-16)15-32-9-10-35(2,3)4;1-23-15-13(10-19-21-18(15)25)16-17(23)20-14(27-16)9-12-5-6-24(22-12)11-26-7-8-28(2,3)4;1-23-14-12(7-20-24(17(14)25)5-3-11-8-26-9-18-11)15-16(23)21-13(27-15)6-10-2-4-19-22-10;1-2-11-6(10)3-5-4-12-7(8)9-5;1-2-10-7(9)3-6-4-11-5-8-6;7-2-1-5-3-8-4-6-5;1-4(2,3)7-5-6/h5,7,12-14H,6,8-11,15H2,1-4H3;5-6,10H,7-9,11H2,1-4H3,(H,21,25);2,4,7-9H,3,5-6H2,1H3,(H,19,22);4H,2-3H2,1H3,(H2,8,9);4-5H,2-3H2,1H3;3-4,7H,1-2H2;1-3H3. The first kappa shape index (κ1) is 97.8. The number of carbonyl (C=O) groups excluding carboxylic acids is 2. The summed E-state index contributed by atoms with van der Waals surface area (Å²) in [6, 6.07) is 8.24. The minimum absolute atomic E-state index is 0.0921. The zero-order valence-corrected chi connectivity index (χ0v) is 82.0. The lowest BCUT2D eigenvalue weighted by Crippen LogP contribution is -2.25. The lowest BCUT2D eigenvalue weighted by Gasteiger charge is -2.15. The third-order valence-corrected chi connectivity index (χ3v) is 28.4. The van der Waals surface area contributed by atoms with Crippen molar-refractivity contribution in [3.63, 3.8) is 0 Å². The number of nitrogen functional groups attached to an aromatic ring is 1.